The van der Waals surface area contributed by atoms with Crippen LogP contribution in [0.25, 0.3) is 43.6 Å². The average molecular weight is 474 g/mol. The summed E-state index contributed by atoms with van der Waals surface area (Å²) >= 11 is 0. The van der Waals surface area contributed by atoms with Gasteiger partial charge >= 0.3 is 0 Å². The second kappa shape index (κ2) is 7.80. The van der Waals surface area contributed by atoms with Crippen LogP contribution in [0.3, 0.4) is 0 Å². The zero-order chi connectivity index (χ0) is 25.4. The van der Waals surface area contributed by atoms with Crippen molar-refractivity contribution >= 4 is 32.3 Å². The van der Waals surface area contributed by atoms with Crippen molar-refractivity contribution in [2.24, 2.45) is 10.8 Å². The smallest absolute Gasteiger partial charge is 0.145 e. The molecule has 0 aliphatic carbocycles. The lowest BCUT2D eigenvalue weighted by atomic mass is 9.83. The normalized spacial score (nSPS) is 13.3. The topological polar surface area (TPSA) is 22.1 Å². The predicted octanol–water partition coefficient (Wildman–Crippen LogP) is 9.80. The molecule has 0 radical (unpaired) electrons. The Morgan fingerprint density at radius 1 is 0.694 bits per heavy atom. The maximum atomic E-state index is 6.98. The van der Waals surface area contributed by atoms with Crippen molar-refractivity contribution in [3.8, 4) is 22.8 Å². The Kier molecular flexibility index (Phi) is 4.99. The lowest BCUT2D eigenvalue weighted by Gasteiger charge is -2.28. The van der Waals surface area contributed by atoms with E-state index in [4.69, 9.17) is 9.72 Å². The molecule has 0 saturated heterocycles. The highest BCUT2D eigenvalue weighted by atomic mass is 16.5. The minimum atomic E-state index is 0.122. The number of rotatable bonds is 2. The van der Waals surface area contributed by atoms with E-state index in [0.717, 1.165) is 46.4 Å². The Morgan fingerprint density at radius 3 is 2.17 bits per heavy atom. The quantitative estimate of drug-likeness (QED) is 0.233. The van der Waals surface area contributed by atoms with Crippen LogP contribution in [0.4, 0.5) is 0 Å². The number of fused-ring (bicyclic) bond motifs is 5. The molecule has 0 amide bonds. The highest BCUT2D eigenvalue weighted by Gasteiger charge is 2.29. The third-order valence-electron chi connectivity index (χ3n) is 7.13. The van der Waals surface area contributed by atoms with Gasteiger partial charge in [0.15, 0.2) is 0 Å². The van der Waals surface area contributed by atoms with Crippen molar-refractivity contribution in [1.82, 2.24) is 4.98 Å². The molecule has 0 fully saturated rings. The first-order valence-electron chi connectivity index (χ1n) is 13.1. The molecule has 6 rings (SSSR count). The van der Waals surface area contributed by atoms with Crippen LogP contribution in [0, 0.1) is 17.8 Å². The van der Waals surface area contributed by atoms with Crippen LogP contribution >= 0.6 is 0 Å². The van der Waals surface area contributed by atoms with Crippen molar-refractivity contribution < 1.29 is 4.74 Å². The number of nitrogens with zero attached hydrogens (tertiary/aromatic N) is 1. The number of hydrogen-bond acceptors (Lipinski definition) is 2. The fourth-order valence-corrected chi connectivity index (χ4v) is 5.79. The molecule has 36 heavy (non-hydrogen) atoms. The number of benzene rings is 4. The van der Waals surface area contributed by atoms with E-state index in [1.54, 1.807) is 0 Å². The fraction of sp³-hybridized carbons (Fsp3) is 0.324. The second-order valence-corrected chi connectivity index (χ2v) is 13.1. The Hall–Kier alpha value is -3.39. The van der Waals surface area contributed by atoms with Crippen LogP contribution in [-0.4, -0.2) is 4.98 Å². The zero-order valence-electron chi connectivity index (χ0n) is 22.5. The maximum Gasteiger partial charge on any atom is 0.145 e. The summed E-state index contributed by atoms with van der Waals surface area (Å²) in [5.41, 5.74) is 6.41. The summed E-state index contributed by atoms with van der Waals surface area (Å²) in [5.74, 6) is 1.92. The van der Waals surface area contributed by atoms with Gasteiger partial charge in [0.1, 0.15) is 11.5 Å². The van der Waals surface area contributed by atoms with E-state index in [2.05, 4.69) is 103 Å². The summed E-state index contributed by atoms with van der Waals surface area (Å²) in [6.07, 6.45) is 3.93. The first kappa shape index (κ1) is 23.0. The number of aromatic nitrogens is 1. The number of aryl methyl sites for hydroxylation is 1. The highest BCUT2D eigenvalue weighted by molar-refractivity contribution is 6.13. The van der Waals surface area contributed by atoms with Crippen molar-refractivity contribution in [3.63, 3.8) is 0 Å². The van der Waals surface area contributed by atoms with Gasteiger partial charge < -0.3 is 4.74 Å². The molecular formula is C34H35NO. The lowest BCUT2D eigenvalue weighted by Crippen LogP contribution is -2.12. The van der Waals surface area contributed by atoms with Gasteiger partial charge in [-0.05, 0) is 75.9 Å². The molecule has 0 saturated carbocycles. The Labute approximate surface area is 214 Å². The summed E-state index contributed by atoms with van der Waals surface area (Å²) in [6.45, 7) is 15.9. The Balaban J connectivity index is 1.66. The monoisotopic (exact) mass is 473 g/mol. The van der Waals surface area contributed by atoms with Crippen LogP contribution in [-0.2, 0) is 12.8 Å². The number of hydrogen-bond donors (Lipinski definition) is 0. The van der Waals surface area contributed by atoms with Gasteiger partial charge in [0.25, 0.3) is 0 Å². The molecule has 4 aromatic carbocycles. The SMILES string of the molecule is Cc1ccc2c(CC(C)(C)C)c3c(cc2c1)-c1nccc2cc4cc(CC(C)(C)C)ccc4c(c12)O3. The van der Waals surface area contributed by atoms with E-state index < -0.39 is 0 Å². The predicted molar refractivity (Wildman–Crippen MR) is 153 cm³/mol. The van der Waals surface area contributed by atoms with Gasteiger partial charge in [-0.25, -0.2) is 0 Å². The maximum absolute atomic E-state index is 6.98. The molecular weight excluding hydrogens is 438 g/mol. The summed E-state index contributed by atoms with van der Waals surface area (Å²) in [6, 6.07) is 20.3. The molecule has 2 nitrogen and oxygen atoms in total. The Morgan fingerprint density at radius 2 is 1.42 bits per heavy atom. The third kappa shape index (κ3) is 3.93. The van der Waals surface area contributed by atoms with Crippen molar-refractivity contribution in [2.75, 3.05) is 0 Å². The third-order valence-corrected chi connectivity index (χ3v) is 7.13. The van der Waals surface area contributed by atoms with Crippen LogP contribution < -0.4 is 4.74 Å². The van der Waals surface area contributed by atoms with Crippen LogP contribution in [0.2, 0.25) is 0 Å². The summed E-state index contributed by atoms with van der Waals surface area (Å²) in [5, 5.41) is 7.22. The first-order valence-corrected chi connectivity index (χ1v) is 13.1. The average Bonchev–Trinajstić information content (AvgIpc) is 2.77. The van der Waals surface area contributed by atoms with Gasteiger partial charge in [-0.15, -0.1) is 0 Å². The molecule has 0 spiro atoms. The molecule has 2 heterocycles. The van der Waals surface area contributed by atoms with Gasteiger partial charge in [0.2, 0.25) is 0 Å². The molecule has 1 aliphatic rings. The van der Waals surface area contributed by atoms with E-state index in [9.17, 15) is 0 Å². The summed E-state index contributed by atoms with van der Waals surface area (Å²) in [7, 11) is 0. The lowest BCUT2D eigenvalue weighted by molar-refractivity contribution is 0.400. The molecule has 5 aromatic rings. The largest absolute Gasteiger partial charge is 0.455 e. The number of pyridine rings is 1. The molecule has 0 bridgehead atoms. The molecule has 182 valence electrons. The van der Waals surface area contributed by atoms with E-state index in [1.165, 1.54) is 38.2 Å². The van der Waals surface area contributed by atoms with Crippen molar-refractivity contribution in [3.05, 3.63) is 77.5 Å². The summed E-state index contributed by atoms with van der Waals surface area (Å²) in [4.78, 5) is 4.94. The van der Waals surface area contributed by atoms with Crippen LogP contribution in [0.15, 0.2) is 60.8 Å². The van der Waals surface area contributed by atoms with Gasteiger partial charge in [-0.1, -0.05) is 83.5 Å². The first-order chi connectivity index (χ1) is 17.0. The minimum absolute atomic E-state index is 0.122. The molecule has 2 heteroatoms. The highest BCUT2D eigenvalue weighted by Crippen LogP contribution is 2.52. The second-order valence-electron chi connectivity index (χ2n) is 13.1. The van der Waals surface area contributed by atoms with Gasteiger partial charge in [0.05, 0.1) is 11.1 Å². The van der Waals surface area contributed by atoms with Gasteiger partial charge in [-0.3, -0.25) is 4.98 Å². The van der Waals surface area contributed by atoms with E-state index in [-0.39, 0.29) is 10.8 Å². The zero-order valence-corrected chi connectivity index (χ0v) is 22.5. The fourth-order valence-electron chi connectivity index (χ4n) is 5.79. The number of ether oxygens (including phenoxy) is 1. The molecule has 0 N–H and O–H groups in total. The van der Waals surface area contributed by atoms with Crippen molar-refractivity contribution in [1.29, 1.82) is 0 Å². The summed E-state index contributed by atoms with van der Waals surface area (Å²) < 4.78 is 6.98. The Bertz CT molecular complexity index is 1680. The minimum Gasteiger partial charge on any atom is -0.455 e. The van der Waals surface area contributed by atoms with E-state index in [0.29, 0.717) is 0 Å². The van der Waals surface area contributed by atoms with Crippen molar-refractivity contribution in [2.45, 2.75) is 61.3 Å². The molecule has 0 atom stereocenters. The standard InChI is InChI=1S/C34H35NO/c1-20-8-10-25-23(14-20)17-27-30-29-22(12-13-35-30)16-24-15-21(18-33(2,3)4)9-11-26(24)32(29)36-31(27)28(25)19-34(5,6)7/h8-17H,18-19H2,1-7H3. The van der Waals surface area contributed by atoms with E-state index >= 15 is 0 Å². The van der Waals surface area contributed by atoms with Gasteiger partial charge in [-0.2, -0.15) is 0 Å². The molecule has 1 aliphatic heterocycles. The van der Waals surface area contributed by atoms with Crippen LogP contribution in [0.5, 0.6) is 11.5 Å². The molecule has 0 unspecified atom stereocenters. The van der Waals surface area contributed by atoms with Crippen LogP contribution in [0.1, 0.15) is 58.2 Å². The molecule has 1 aromatic heterocycles. The van der Waals surface area contributed by atoms with E-state index in [1.807, 2.05) is 6.20 Å². The van der Waals surface area contributed by atoms with Gasteiger partial charge in [0, 0.05) is 22.7 Å².